The van der Waals surface area contributed by atoms with E-state index in [-0.39, 0.29) is 5.91 Å². The lowest BCUT2D eigenvalue weighted by molar-refractivity contribution is -0.114. The lowest BCUT2D eigenvalue weighted by atomic mass is 10.1. The normalized spacial score (nSPS) is 17.6. The number of guanidine groups is 1. The molecule has 0 bridgehead atoms. The van der Waals surface area contributed by atoms with E-state index in [0.29, 0.717) is 12.5 Å². The van der Waals surface area contributed by atoms with Gasteiger partial charge in [-0.3, -0.25) is 4.79 Å². The number of aliphatic imine (C=N–C) groups is 1. The van der Waals surface area contributed by atoms with Gasteiger partial charge in [-0.15, -0.1) is 0 Å². The molecule has 1 aromatic carbocycles. The van der Waals surface area contributed by atoms with Crippen molar-refractivity contribution in [2.75, 3.05) is 38.7 Å². The Morgan fingerprint density at radius 2 is 2.29 bits per heavy atom. The van der Waals surface area contributed by atoms with Gasteiger partial charge in [0.1, 0.15) is 0 Å². The second-order valence-electron chi connectivity index (χ2n) is 6.16. The summed E-state index contributed by atoms with van der Waals surface area (Å²) in [7, 11) is 2.06. The Labute approximate surface area is 144 Å². The zero-order chi connectivity index (χ0) is 17.4. The van der Waals surface area contributed by atoms with Gasteiger partial charge in [0.15, 0.2) is 5.96 Å². The van der Waals surface area contributed by atoms with Gasteiger partial charge >= 0.3 is 0 Å². The fourth-order valence-electron chi connectivity index (χ4n) is 2.79. The molecule has 1 unspecified atom stereocenters. The number of ether oxygens (including phenoxy) is 1. The van der Waals surface area contributed by atoms with Crippen LogP contribution in [0.15, 0.2) is 29.3 Å². The average Bonchev–Trinajstić information content (AvgIpc) is 3.04. The maximum Gasteiger partial charge on any atom is 0.221 e. The quantitative estimate of drug-likeness (QED) is 0.618. The molecule has 6 heteroatoms. The van der Waals surface area contributed by atoms with Gasteiger partial charge in [-0.25, -0.2) is 4.99 Å². The Kier molecular flexibility index (Phi) is 7.06. The van der Waals surface area contributed by atoms with Crippen molar-refractivity contribution in [3.05, 3.63) is 29.8 Å². The van der Waals surface area contributed by atoms with E-state index in [1.54, 1.807) is 0 Å². The molecule has 1 aliphatic rings. The van der Waals surface area contributed by atoms with Crippen molar-refractivity contribution in [1.29, 1.82) is 0 Å². The number of amides is 1. The summed E-state index contributed by atoms with van der Waals surface area (Å²) in [6.45, 7) is 7.62. The maximum atomic E-state index is 11.2. The first-order valence-electron chi connectivity index (χ1n) is 8.52. The molecule has 0 radical (unpaired) electrons. The Hall–Kier alpha value is -2.08. The molecule has 1 atom stereocenters. The van der Waals surface area contributed by atoms with Crippen LogP contribution in [0.2, 0.25) is 0 Å². The third kappa shape index (κ3) is 5.85. The van der Waals surface area contributed by atoms with Crippen LogP contribution in [-0.2, 0) is 16.1 Å². The Morgan fingerprint density at radius 3 is 2.96 bits per heavy atom. The zero-order valence-electron chi connectivity index (χ0n) is 14.8. The topological polar surface area (TPSA) is 66.0 Å². The van der Waals surface area contributed by atoms with Gasteiger partial charge in [0, 0.05) is 45.3 Å². The standard InChI is InChI=1S/C18H28N4O2/c1-4-19-18(22(3)12-16-8-9-24-13-16)20-11-15-6-5-7-17(10-15)21-14(2)23/h5-7,10,16H,4,8-9,11-13H2,1-3H3,(H,19,20)(H,21,23). The highest BCUT2D eigenvalue weighted by Crippen LogP contribution is 2.14. The Bertz CT molecular complexity index is 568. The molecule has 2 rings (SSSR count). The highest BCUT2D eigenvalue weighted by Gasteiger charge is 2.19. The molecule has 132 valence electrons. The smallest absolute Gasteiger partial charge is 0.221 e. The summed E-state index contributed by atoms with van der Waals surface area (Å²) in [5.74, 6) is 1.40. The van der Waals surface area contributed by atoms with Crippen molar-refractivity contribution in [1.82, 2.24) is 10.2 Å². The summed E-state index contributed by atoms with van der Waals surface area (Å²) >= 11 is 0. The SMILES string of the molecule is CCNC(=NCc1cccc(NC(C)=O)c1)N(C)CC1CCOC1. The number of anilines is 1. The second-order valence-corrected chi connectivity index (χ2v) is 6.16. The molecular formula is C18H28N4O2. The third-order valence-electron chi connectivity index (χ3n) is 3.91. The van der Waals surface area contributed by atoms with Gasteiger partial charge < -0.3 is 20.3 Å². The van der Waals surface area contributed by atoms with Crippen molar-refractivity contribution in [2.24, 2.45) is 10.9 Å². The van der Waals surface area contributed by atoms with Gasteiger partial charge in [-0.2, -0.15) is 0 Å². The van der Waals surface area contributed by atoms with Gasteiger partial charge in [-0.1, -0.05) is 12.1 Å². The minimum Gasteiger partial charge on any atom is -0.381 e. The molecule has 1 aromatic rings. The molecule has 0 saturated carbocycles. The van der Waals surface area contributed by atoms with E-state index in [0.717, 1.165) is 49.9 Å². The van der Waals surface area contributed by atoms with Crippen LogP contribution in [0.4, 0.5) is 5.69 Å². The molecule has 1 aliphatic heterocycles. The molecule has 24 heavy (non-hydrogen) atoms. The molecular weight excluding hydrogens is 304 g/mol. The number of carbonyl (C=O) groups is 1. The summed E-state index contributed by atoms with van der Waals surface area (Å²) in [6.07, 6.45) is 1.11. The molecule has 1 saturated heterocycles. The molecule has 2 N–H and O–H groups in total. The predicted octanol–water partition coefficient (Wildman–Crippen LogP) is 2.08. The van der Waals surface area contributed by atoms with Crippen molar-refractivity contribution in [2.45, 2.75) is 26.8 Å². The van der Waals surface area contributed by atoms with Crippen LogP contribution >= 0.6 is 0 Å². The van der Waals surface area contributed by atoms with Crippen molar-refractivity contribution < 1.29 is 9.53 Å². The van der Waals surface area contributed by atoms with Gasteiger partial charge in [-0.05, 0) is 31.0 Å². The fraction of sp³-hybridized carbons (Fsp3) is 0.556. The van der Waals surface area contributed by atoms with Gasteiger partial charge in [0.25, 0.3) is 0 Å². The molecule has 1 fully saturated rings. The molecule has 1 amide bonds. The van der Waals surface area contributed by atoms with Crippen molar-refractivity contribution >= 4 is 17.6 Å². The molecule has 6 nitrogen and oxygen atoms in total. The lowest BCUT2D eigenvalue weighted by Crippen LogP contribution is -2.41. The van der Waals surface area contributed by atoms with Gasteiger partial charge in [0.2, 0.25) is 5.91 Å². The second kappa shape index (κ2) is 9.27. The molecule has 0 spiro atoms. The van der Waals surface area contributed by atoms with Crippen LogP contribution in [0.5, 0.6) is 0 Å². The number of nitrogens with one attached hydrogen (secondary N) is 2. The summed E-state index contributed by atoms with van der Waals surface area (Å²) in [5.41, 5.74) is 1.87. The van der Waals surface area contributed by atoms with E-state index in [2.05, 4.69) is 29.5 Å². The number of rotatable bonds is 6. The first-order chi connectivity index (χ1) is 11.6. The van der Waals surface area contributed by atoms with Crippen LogP contribution < -0.4 is 10.6 Å². The number of hydrogen-bond donors (Lipinski definition) is 2. The fourth-order valence-corrected chi connectivity index (χ4v) is 2.79. The van der Waals surface area contributed by atoms with E-state index >= 15 is 0 Å². The van der Waals surface area contributed by atoms with E-state index in [1.807, 2.05) is 24.3 Å². The summed E-state index contributed by atoms with van der Waals surface area (Å²) in [4.78, 5) is 18.1. The van der Waals surface area contributed by atoms with Crippen molar-refractivity contribution in [3.63, 3.8) is 0 Å². The largest absolute Gasteiger partial charge is 0.381 e. The number of benzene rings is 1. The first kappa shape index (κ1) is 18.3. The minimum atomic E-state index is -0.0671. The zero-order valence-corrected chi connectivity index (χ0v) is 14.8. The van der Waals surface area contributed by atoms with E-state index in [1.165, 1.54) is 6.92 Å². The number of carbonyl (C=O) groups excluding carboxylic acids is 1. The number of hydrogen-bond acceptors (Lipinski definition) is 3. The predicted molar refractivity (Wildman–Crippen MR) is 97.1 cm³/mol. The van der Waals surface area contributed by atoms with Crippen LogP contribution in [0.1, 0.15) is 25.8 Å². The average molecular weight is 332 g/mol. The van der Waals surface area contributed by atoms with Gasteiger partial charge in [0.05, 0.1) is 13.2 Å². The maximum absolute atomic E-state index is 11.2. The first-order valence-corrected chi connectivity index (χ1v) is 8.52. The van der Waals surface area contributed by atoms with E-state index in [4.69, 9.17) is 9.73 Å². The monoisotopic (exact) mass is 332 g/mol. The van der Waals surface area contributed by atoms with E-state index < -0.39 is 0 Å². The summed E-state index contributed by atoms with van der Waals surface area (Å²) in [5, 5.41) is 6.14. The van der Waals surface area contributed by atoms with Crippen LogP contribution in [0.25, 0.3) is 0 Å². The minimum absolute atomic E-state index is 0.0671. The Balaban J connectivity index is 2.00. The lowest BCUT2D eigenvalue weighted by Gasteiger charge is -2.24. The highest BCUT2D eigenvalue weighted by molar-refractivity contribution is 5.88. The highest BCUT2D eigenvalue weighted by atomic mass is 16.5. The Morgan fingerprint density at radius 1 is 1.46 bits per heavy atom. The molecule has 0 aliphatic carbocycles. The van der Waals surface area contributed by atoms with Crippen molar-refractivity contribution in [3.8, 4) is 0 Å². The number of nitrogens with zero attached hydrogens (tertiary/aromatic N) is 2. The third-order valence-corrected chi connectivity index (χ3v) is 3.91. The van der Waals surface area contributed by atoms with Crippen LogP contribution in [0.3, 0.4) is 0 Å². The summed E-state index contributed by atoms with van der Waals surface area (Å²) in [6, 6.07) is 7.79. The molecule has 0 aromatic heterocycles. The summed E-state index contributed by atoms with van der Waals surface area (Å²) < 4.78 is 5.45. The van der Waals surface area contributed by atoms with Crippen LogP contribution in [-0.4, -0.2) is 50.1 Å². The van der Waals surface area contributed by atoms with E-state index in [9.17, 15) is 4.79 Å². The molecule has 1 heterocycles. The van der Waals surface area contributed by atoms with Crippen LogP contribution in [0, 0.1) is 5.92 Å².